The minimum atomic E-state index is -3.17. The van der Waals surface area contributed by atoms with Gasteiger partial charge in [0.05, 0.1) is 16.3 Å². The van der Waals surface area contributed by atoms with E-state index in [4.69, 9.17) is 0 Å². The van der Waals surface area contributed by atoms with Crippen molar-refractivity contribution in [1.82, 2.24) is 4.90 Å². The molecule has 0 bridgehead atoms. The van der Waals surface area contributed by atoms with Crippen molar-refractivity contribution in [2.45, 2.75) is 18.2 Å². The minimum absolute atomic E-state index is 0.194. The zero-order valence-electron chi connectivity index (χ0n) is 11.3. The number of nitrogens with one attached hydrogen (secondary N) is 1. The summed E-state index contributed by atoms with van der Waals surface area (Å²) in [5.41, 5.74) is 0.702. The Hall–Kier alpha value is -1.07. The third kappa shape index (κ3) is 4.31. The van der Waals surface area contributed by atoms with Crippen molar-refractivity contribution in [2.24, 2.45) is 0 Å². The molecule has 1 aromatic carbocycles. The topological polar surface area (TPSA) is 49.4 Å². The maximum atomic E-state index is 12.1. The highest BCUT2D eigenvalue weighted by molar-refractivity contribution is 7.91. The molecule has 102 valence electrons. The number of para-hydroxylation sites is 1. The molecule has 1 rings (SSSR count). The molecule has 0 heterocycles. The minimum Gasteiger partial charge on any atom is -0.383 e. The van der Waals surface area contributed by atoms with Gasteiger partial charge in [0.25, 0.3) is 0 Å². The second-order valence-corrected chi connectivity index (χ2v) is 6.62. The van der Waals surface area contributed by atoms with Crippen molar-refractivity contribution in [3.05, 3.63) is 24.3 Å². The molecule has 18 heavy (non-hydrogen) atoms. The predicted octanol–water partition coefficient (Wildman–Crippen LogP) is 1.84. The largest absolute Gasteiger partial charge is 0.383 e. The highest BCUT2D eigenvalue weighted by atomic mass is 32.2. The van der Waals surface area contributed by atoms with Crippen molar-refractivity contribution in [3.8, 4) is 0 Å². The zero-order valence-corrected chi connectivity index (χ0v) is 12.1. The Morgan fingerprint density at radius 3 is 2.50 bits per heavy atom. The molecule has 0 radical (unpaired) electrons. The van der Waals surface area contributed by atoms with Crippen molar-refractivity contribution in [1.29, 1.82) is 0 Å². The quantitative estimate of drug-likeness (QED) is 0.821. The van der Waals surface area contributed by atoms with Gasteiger partial charge in [0.2, 0.25) is 0 Å². The second kappa shape index (κ2) is 6.75. The van der Waals surface area contributed by atoms with E-state index < -0.39 is 9.84 Å². The fraction of sp³-hybridized carbons (Fsp3) is 0.538. The first kappa shape index (κ1) is 15.0. The van der Waals surface area contributed by atoms with Gasteiger partial charge in [0, 0.05) is 13.1 Å². The molecule has 0 atom stereocenters. The van der Waals surface area contributed by atoms with Gasteiger partial charge in [0.1, 0.15) is 0 Å². The Balaban J connectivity index is 2.86. The summed E-state index contributed by atoms with van der Waals surface area (Å²) in [5, 5.41) is 3.19. The van der Waals surface area contributed by atoms with E-state index in [1.54, 1.807) is 12.1 Å². The Bertz CT molecular complexity index is 470. The number of hydrogen-bond acceptors (Lipinski definition) is 4. The molecular formula is C13H22N2O2S. The van der Waals surface area contributed by atoms with Crippen molar-refractivity contribution in [3.63, 3.8) is 0 Å². The number of nitrogens with zero attached hydrogens (tertiary/aromatic N) is 1. The van der Waals surface area contributed by atoms with Gasteiger partial charge in [-0.2, -0.15) is 0 Å². The fourth-order valence-electron chi connectivity index (χ4n) is 1.68. The van der Waals surface area contributed by atoms with Crippen LogP contribution in [0.4, 0.5) is 5.69 Å². The molecule has 0 aliphatic rings. The first-order valence-corrected chi connectivity index (χ1v) is 7.83. The van der Waals surface area contributed by atoms with Gasteiger partial charge in [-0.05, 0) is 32.6 Å². The molecule has 0 saturated carbocycles. The number of sulfone groups is 1. The summed E-state index contributed by atoms with van der Waals surface area (Å²) in [6, 6.07) is 7.10. The van der Waals surface area contributed by atoms with E-state index in [0.29, 0.717) is 17.0 Å². The van der Waals surface area contributed by atoms with Gasteiger partial charge in [-0.1, -0.05) is 19.1 Å². The lowest BCUT2D eigenvalue weighted by Crippen LogP contribution is -2.21. The molecule has 0 aromatic heterocycles. The lowest BCUT2D eigenvalue weighted by atomic mass is 10.3. The Kier molecular flexibility index (Phi) is 5.62. The van der Waals surface area contributed by atoms with Gasteiger partial charge in [-0.15, -0.1) is 0 Å². The average Bonchev–Trinajstić information content (AvgIpc) is 2.29. The number of rotatable bonds is 7. The molecule has 0 aliphatic heterocycles. The number of hydrogen-bond donors (Lipinski definition) is 1. The first-order chi connectivity index (χ1) is 8.47. The third-order valence-electron chi connectivity index (χ3n) is 2.57. The summed E-state index contributed by atoms with van der Waals surface area (Å²) < 4.78 is 24.2. The smallest absolute Gasteiger partial charge is 0.180 e. The highest BCUT2D eigenvalue weighted by Crippen LogP contribution is 2.22. The maximum Gasteiger partial charge on any atom is 0.180 e. The average molecular weight is 270 g/mol. The van der Waals surface area contributed by atoms with E-state index in [9.17, 15) is 8.42 Å². The van der Waals surface area contributed by atoms with E-state index >= 15 is 0 Å². The molecule has 5 heteroatoms. The van der Waals surface area contributed by atoms with Crippen LogP contribution in [0.3, 0.4) is 0 Å². The molecule has 1 aromatic rings. The van der Waals surface area contributed by atoms with Crippen LogP contribution in [0.2, 0.25) is 0 Å². The lowest BCUT2D eigenvalue weighted by molar-refractivity contribution is 0.425. The van der Waals surface area contributed by atoms with Crippen LogP contribution in [0.5, 0.6) is 0 Å². The van der Waals surface area contributed by atoms with Crippen molar-refractivity contribution in [2.75, 3.05) is 38.3 Å². The van der Waals surface area contributed by atoms with Crippen LogP contribution in [0.25, 0.3) is 0 Å². The van der Waals surface area contributed by atoms with E-state index in [1.807, 2.05) is 33.2 Å². The summed E-state index contributed by atoms with van der Waals surface area (Å²) in [6.07, 6.45) is 0.633. The van der Waals surface area contributed by atoms with Gasteiger partial charge in [-0.3, -0.25) is 0 Å². The summed E-state index contributed by atoms with van der Waals surface area (Å²) in [6.45, 7) is 3.47. The zero-order chi connectivity index (χ0) is 13.6. The normalized spacial score (nSPS) is 11.8. The van der Waals surface area contributed by atoms with Crippen LogP contribution < -0.4 is 5.32 Å². The summed E-state index contributed by atoms with van der Waals surface area (Å²) in [5.74, 6) is 0.194. The molecule has 1 N–H and O–H groups in total. The van der Waals surface area contributed by atoms with Crippen LogP contribution in [0, 0.1) is 0 Å². The van der Waals surface area contributed by atoms with Crippen molar-refractivity contribution >= 4 is 15.5 Å². The lowest BCUT2D eigenvalue weighted by Gasteiger charge is -2.14. The SMILES string of the molecule is CCCS(=O)(=O)c1ccccc1NCCN(C)C. The van der Waals surface area contributed by atoms with Gasteiger partial charge >= 0.3 is 0 Å². The van der Waals surface area contributed by atoms with Crippen LogP contribution in [-0.4, -0.2) is 46.3 Å². The van der Waals surface area contributed by atoms with Crippen LogP contribution >= 0.6 is 0 Å². The van der Waals surface area contributed by atoms with Crippen molar-refractivity contribution < 1.29 is 8.42 Å². The molecule has 0 saturated heterocycles. The highest BCUT2D eigenvalue weighted by Gasteiger charge is 2.16. The van der Waals surface area contributed by atoms with Gasteiger partial charge in [-0.25, -0.2) is 8.42 Å². The summed E-state index contributed by atoms with van der Waals surface area (Å²) in [7, 11) is 0.807. The third-order valence-corrected chi connectivity index (χ3v) is 4.54. The standard InChI is InChI=1S/C13H22N2O2S/c1-4-11-18(16,17)13-8-6-5-7-12(13)14-9-10-15(2)3/h5-8,14H,4,9-11H2,1-3H3. The summed E-state index contributed by atoms with van der Waals surface area (Å²) in [4.78, 5) is 2.46. The Labute approximate surface area is 110 Å². The summed E-state index contributed by atoms with van der Waals surface area (Å²) >= 11 is 0. The number of benzene rings is 1. The predicted molar refractivity (Wildman–Crippen MR) is 75.8 cm³/mol. The maximum absolute atomic E-state index is 12.1. The molecule has 4 nitrogen and oxygen atoms in total. The molecular weight excluding hydrogens is 248 g/mol. The van der Waals surface area contributed by atoms with Gasteiger partial charge in [0.15, 0.2) is 9.84 Å². The number of likely N-dealkylation sites (N-methyl/N-ethyl adjacent to an activating group) is 1. The first-order valence-electron chi connectivity index (χ1n) is 6.17. The van der Waals surface area contributed by atoms with E-state index in [0.717, 1.165) is 13.1 Å². The van der Waals surface area contributed by atoms with Crippen LogP contribution in [-0.2, 0) is 9.84 Å². The Morgan fingerprint density at radius 2 is 1.89 bits per heavy atom. The molecule has 0 amide bonds. The number of anilines is 1. The van der Waals surface area contributed by atoms with E-state index in [1.165, 1.54) is 0 Å². The second-order valence-electron chi connectivity index (χ2n) is 4.55. The van der Waals surface area contributed by atoms with E-state index in [-0.39, 0.29) is 5.75 Å². The molecule has 0 aliphatic carbocycles. The Morgan fingerprint density at radius 1 is 1.22 bits per heavy atom. The molecule has 0 fully saturated rings. The van der Waals surface area contributed by atoms with Crippen LogP contribution in [0.15, 0.2) is 29.2 Å². The fourth-order valence-corrected chi connectivity index (χ4v) is 3.20. The van der Waals surface area contributed by atoms with Gasteiger partial charge < -0.3 is 10.2 Å². The molecule has 0 unspecified atom stereocenters. The van der Waals surface area contributed by atoms with E-state index in [2.05, 4.69) is 10.2 Å². The molecule has 0 spiro atoms. The van der Waals surface area contributed by atoms with Crippen LogP contribution in [0.1, 0.15) is 13.3 Å². The monoisotopic (exact) mass is 270 g/mol.